The Morgan fingerprint density at radius 1 is 1.28 bits per heavy atom. The number of hydrogen-bond donors (Lipinski definition) is 1. The highest BCUT2D eigenvalue weighted by Gasteiger charge is 2.12. The van der Waals surface area contributed by atoms with Gasteiger partial charge in [-0.2, -0.15) is 0 Å². The van der Waals surface area contributed by atoms with Crippen molar-refractivity contribution in [2.45, 2.75) is 26.4 Å². The average molecular weight is 403 g/mol. The van der Waals surface area contributed by atoms with Crippen LogP contribution in [0.4, 0.5) is 0 Å². The largest absolute Gasteiger partial charge is 0.496 e. The van der Waals surface area contributed by atoms with E-state index in [-0.39, 0.29) is 11.6 Å². The highest BCUT2D eigenvalue weighted by atomic mass is 79.9. The summed E-state index contributed by atoms with van der Waals surface area (Å²) in [6.45, 7) is 4.73. The molecule has 0 aliphatic rings. The van der Waals surface area contributed by atoms with Crippen LogP contribution in [0.25, 0.3) is 5.65 Å². The molecule has 0 aliphatic heterocycles. The molecule has 0 radical (unpaired) electrons. The van der Waals surface area contributed by atoms with Crippen LogP contribution in [0.1, 0.15) is 29.8 Å². The minimum absolute atomic E-state index is 0.0445. The number of nitrogens with two attached hydrogens (primary N) is 1. The molecule has 2 heterocycles. The summed E-state index contributed by atoms with van der Waals surface area (Å²) in [6, 6.07) is 11.8. The number of aryl methyl sites for hydroxylation is 1. The van der Waals surface area contributed by atoms with E-state index in [1.54, 1.807) is 17.6 Å². The van der Waals surface area contributed by atoms with Crippen molar-refractivity contribution in [1.82, 2.24) is 9.38 Å². The van der Waals surface area contributed by atoms with Crippen molar-refractivity contribution in [2.24, 2.45) is 0 Å². The number of fused-ring (bicyclic) bond motifs is 1. The molecule has 2 aromatic heterocycles. The minimum Gasteiger partial charge on any atom is -0.496 e. The van der Waals surface area contributed by atoms with Gasteiger partial charge in [0.2, 0.25) is 0 Å². The van der Waals surface area contributed by atoms with E-state index in [2.05, 4.69) is 45.3 Å². The Kier molecular flexibility index (Phi) is 5.20. The average Bonchev–Trinajstić information content (AvgIpc) is 2.60. The number of benzene rings is 1. The van der Waals surface area contributed by atoms with Crippen LogP contribution in [0, 0.1) is 6.92 Å². The Morgan fingerprint density at radius 2 is 2.08 bits per heavy atom. The van der Waals surface area contributed by atoms with Crippen LogP contribution in [0.3, 0.4) is 0 Å². The molecule has 1 atom stereocenters. The van der Waals surface area contributed by atoms with Gasteiger partial charge in [0.25, 0.3) is 5.56 Å². The van der Waals surface area contributed by atoms with E-state index < -0.39 is 0 Å². The molecule has 0 fully saturated rings. The molecule has 0 aliphatic carbocycles. The van der Waals surface area contributed by atoms with Crippen LogP contribution in [0.15, 0.2) is 51.9 Å². The normalized spacial score (nSPS) is 12.3. The van der Waals surface area contributed by atoms with Crippen LogP contribution < -0.4 is 15.6 Å². The van der Waals surface area contributed by atoms with Crippen molar-refractivity contribution in [2.75, 3.05) is 7.11 Å². The number of aromatic nitrogens is 2. The maximum Gasteiger partial charge on any atom is 0.258 e. The number of quaternary nitrogens is 1. The number of nitrogens with zero attached hydrogens (tertiary/aromatic N) is 2. The summed E-state index contributed by atoms with van der Waals surface area (Å²) in [5.74, 6) is 0.815. The van der Waals surface area contributed by atoms with Crippen molar-refractivity contribution >= 4 is 21.6 Å². The third kappa shape index (κ3) is 3.91. The number of pyridine rings is 1. The fraction of sp³-hybridized carbons (Fsp3) is 0.263. The van der Waals surface area contributed by atoms with Crippen molar-refractivity contribution in [3.8, 4) is 5.75 Å². The SMILES string of the molecule is COc1ccc([C@@H](C)[NH2+]Cc2cc(=O)n3cc(C)ccc3n2)cc1Br. The molecule has 3 rings (SSSR count). The number of halogens is 1. The van der Waals surface area contributed by atoms with E-state index in [1.165, 1.54) is 5.56 Å². The smallest absolute Gasteiger partial charge is 0.258 e. The van der Waals surface area contributed by atoms with Gasteiger partial charge in [-0.1, -0.05) is 6.07 Å². The number of ether oxygens (including phenoxy) is 1. The molecule has 0 amide bonds. The molecule has 6 heteroatoms. The first-order valence-electron chi connectivity index (χ1n) is 8.13. The van der Waals surface area contributed by atoms with Crippen molar-refractivity contribution in [3.05, 3.63) is 74.2 Å². The van der Waals surface area contributed by atoms with Gasteiger partial charge in [-0.15, -0.1) is 0 Å². The van der Waals surface area contributed by atoms with E-state index in [0.29, 0.717) is 12.2 Å². The summed E-state index contributed by atoms with van der Waals surface area (Å²) in [5.41, 5.74) is 3.64. The summed E-state index contributed by atoms with van der Waals surface area (Å²) in [5, 5.41) is 2.17. The van der Waals surface area contributed by atoms with Crippen molar-refractivity contribution in [3.63, 3.8) is 0 Å². The molecule has 130 valence electrons. The van der Waals surface area contributed by atoms with Crippen LogP contribution in [0.2, 0.25) is 0 Å². The second-order valence-electron chi connectivity index (χ2n) is 6.14. The van der Waals surface area contributed by atoms with Gasteiger partial charge in [0.15, 0.2) is 0 Å². The Labute approximate surface area is 154 Å². The van der Waals surface area contributed by atoms with Crippen molar-refractivity contribution < 1.29 is 10.1 Å². The second-order valence-corrected chi connectivity index (χ2v) is 7.00. The van der Waals surface area contributed by atoms with E-state index >= 15 is 0 Å². The Bertz CT molecular complexity index is 969. The lowest BCUT2D eigenvalue weighted by Crippen LogP contribution is -2.83. The van der Waals surface area contributed by atoms with E-state index in [1.807, 2.05) is 31.3 Å². The number of methoxy groups -OCH3 is 1. The third-order valence-corrected chi connectivity index (χ3v) is 4.86. The molecule has 0 saturated carbocycles. The molecule has 1 aromatic carbocycles. The van der Waals surface area contributed by atoms with E-state index in [9.17, 15) is 4.79 Å². The Morgan fingerprint density at radius 3 is 2.80 bits per heavy atom. The topological polar surface area (TPSA) is 60.2 Å². The quantitative estimate of drug-likeness (QED) is 0.713. The Balaban J connectivity index is 1.77. The number of rotatable bonds is 5. The van der Waals surface area contributed by atoms with Crippen LogP contribution in [0.5, 0.6) is 5.75 Å². The van der Waals surface area contributed by atoms with Crippen LogP contribution in [-0.4, -0.2) is 16.5 Å². The van der Waals surface area contributed by atoms with Gasteiger partial charge in [0.1, 0.15) is 29.7 Å². The maximum absolute atomic E-state index is 12.3. The first-order valence-corrected chi connectivity index (χ1v) is 8.93. The monoisotopic (exact) mass is 402 g/mol. The summed E-state index contributed by atoms with van der Waals surface area (Å²) in [7, 11) is 1.65. The van der Waals surface area contributed by atoms with Gasteiger partial charge in [-0.25, -0.2) is 4.98 Å². The van der Waals surface area contributed by atoms with Gasteiger partial charge in [0.05, 0.1) is 11.6 Å². The molecule has 2 N–H and O–H groups in total. The molecular formula is C19H21BrN3O2+. The summed E-state index contributed by atoms with van der Waals surface area (Å²) >= 11 is 3.52. The summed E-state index contributed by atoms with van der Waals surface area (Å²) in [6.07, 6.45) is 1.82. The van der Waals surface area contributed by atoms with Gasteiger partial charge in [0, 0.05) is 17.8 Å². The second kappa shape index (κ2) is 7.37. The Hall–Kier alpha value is -2.18. The predicted octanol–water partition coefficient (Wildman–Crippen LogP) is 2.60. The molecule has 0 bridgehead atoms. The zero-order valence-corrected chi connectivity index (χ0v) is 16.1. The molecule has 0 spiro atoms. The fourth-order valence-electron chi connectivity index (χ4n) is 2.76. The summed E-state index contributed by atoms with van der Waals surface area (Å²) in [4.78, 5) is 16.9. The van der Waals surface area contributed by atoms with Crippen LogP contribution in [-0.2, 0) is 6.54 Å². The van der Waals surface area contributed by atoms with E-state index in [0.717, 1.165) is 21.5 Å². The molecule has 0 unspecified atom stereocenters. The van der Waals surface area contributed by atoms with Gasteiger partial charge in [-0.05, 0) is 59.6 Å². The van der Waals surface area contributed by atoms with Crippen molar-refractivity contribution in [1.29, 1.82) is 0 Å². The van der Waals surface area contributed by atoms with Gasteiger partial charge >= 0.3 is 0 Å². The fourth-order valence-corrected chi connectivity index (χ4v) is 3.32. The first kappa shape index (κ1) is 17.6. The zero-order valence-electron chi connectivity index (χ0n) is 14.5. The highest BCUT2D eigenvalue weighted by Crippen LogP contribution is 2.27. The zero-order chi connectivity index (χ0) is 18.0. The van der Waals surface area contributed by atoms with E-state index in [4.69, 9.17) is 4.74 Å². The minimum atomic E-state index is -0.0445. The third-order valence-electron chi connectivity index (χ3n) is 4.24. The van der Waals surface area contributed by atoms with Gasteiger partial charge < -0.3 is 10.1 Å². The maximum atomic E-state index is 12.3. The predicted molar refractivity (Wildman–Crippen MR) is 101 cm³/mol. The lowest BCUT2D eigenvalue weighted by Gasteiger charge is -2.13. The molecule has 0 saturated heterocycles. The molecule has 5 nitrogen and oxygen atoms in total. The highest BCUT2D eigenvalue weighted by molar-refractivity contribution is 9.10. The molecule has 25 heavy (non-hydrogen) atoms. The first-order chi connectivity index (χ1) is 12.0. The lowest BCUT2D eigenvalue weighted by atomic mass is 10.1. The standard InChI is InChI=1S/C19H20BrN3O2/c1-12-4-7-18-22-15(9-19(24)23(18)11-12)10-21-13(2)14-5-6-17(25-3)16(20)8-14/h4-9,11,13,21H,10H2,1-3H3/p+1/t13-/m1/s1. The lowest BCUT2D eigenvalue weighted by molar-refractivity contribution is -0.708. The molecular weight excluding hydrogens is 382 g/mol. The van der Waals surface area contributed by atoms with Crippen LogP contribution >= 0.6 is 15.9 Å². The van der Waals surface area contributed by atoms with Gasteiger partial charge in [-0.3, -0.25) is 9.20 Å². The summed E-state index contributed by atoms with van der Waals surface area (Å²) < 4.78 is 7.79. The molecule has 3 aromatic rings. The number of hydrogen-bond acceptors (Lipinski definition) is 3.